The van der Waals surface area contributed by atoms with E-state index in [0.29, 0.717) is 11.0 Å². The summed E-state index contributed by atoms with van der Waals surface area (Å²) in [5.41, 5.74) is 0.622. The van der Waals surface area contributed by atoms with Crippen molar-refractivity contribution in [1.82, 2.24) is 14.7 Å². The highest BCUT2D eigenvalue weighted by atomic mass is 79.9. The molecule has 1 rings (SSSR count). The van der Waals surface area contributed by atoms with Crippen molar-refractivity contribution in [3.8, 4) is 12.3 Å². The van der Waals surface area contributed by atoms with Crippen molar-refractivity contribution in [2.75, 3.05) is 32.5 Å². The Balaban J connectivity index is 2.60. The van der Waals surface area contributed by atoms with Gasteiger partial charge < -0.3 is 10.2 Å². The van der Waals surface area contributed by atoms with Gasteiger partial charge in [-0.3, -0.25) is 4.79 Å². The van der Waals surface area contributed by atoms with E-state index in [2.05, 4.69) is 32.3 Å². The summed E-state index contributed by atoms with van der Waals surface area (Å²) in [6.07, 6.45) is 9.62. The van der Waals surface area contributed by atoms with Crippen molar-refractivity contribution >= 4 is 21.6 Å². The molecule has 5 nitrogen and oxygen atoms in total. The van der Waals surface area contributed by atoms with Gasteiger partial charge in [0.25, 0.3) is 5.56 Å². The second kappa shape index (κ2) is 8.77. The van der Waals surface area contributed by atoms with E-state index in [1.807, 2.05) is 19.0 Å². The first-order valence-corrected chi connectivity index (χ1v) is 7.43. The fourth-order valence-electron chi connectivity index (χ4n) is 1.62. The highest BCUT2D eigenvalue weighted by molar-refractivity contribution is 9.10. The van der Waals surface area contributed by atoms with E-state index in [9.17, 15) is 4.79 Å². The van der Waals surface area contributed by atoms with E-state index in [1.165, 1.54) is 4.68 Å². The molecule has 0 aliphatic heterocycles. The van der Waals surface area contributed by atoms with Crippen LogP contribution in [0.15, 0.2) is 15.5 Å². The average molecular weight is 341 g/mol. The minimum Gasteiger partial charge on any atom is -0.383 e. The van der Waals surface area contributed by atoms with Gasteiger partial charge in [0.1, 0.15) is 4.47 Å². The van der Waals surface area contributed by atoms with Crippen molar-refractivity contribution in [3.63, 3.8) is 0 Å². The molecule has 0 aliphatic carbocycles. The zero-order valence-electron chi connectivity index (χ0n) is 12.0. The lowest BCUT2D eigenvalue weighted by Gasteiger charge is -2.12. The van der Waals surface area contributed by atoms with Gasteiger partial charge in [-0.05, 0) is 42.9 Å². The average Bonchev–Trinajstić information content (AvgIpc) is 2.42. The Morgan fingerprint density at radius 3 is 2.90 bits per heavy atom. The number of unbranched alkanes of at least 4 members (excludes halogenated alkanes) is 2. The monoisotopic (exact) mass is 340 g/mol. The van der Waals surface area contributed by atoms with Gasteiger partial charge in [0.15, 0.2) is 0 Å². The number of terminal acetylenes is 1. The van der Waals surface area contributed by atoms with Crippen LogP contribution in [0.5, 0.6) is 0 Å². The summed E-state index contributed by atoms with van der Waals surface area (Å²) < 4.78 is 2.00. The van der Waals surface area contributed by atoms with Gasteiger partial charge in [0.05, 0.1) is 18.4 Å². The molecule has 0 aromatic carbocycles. The number of hydrogen-bond donors (Lipinski definition) is 1. The molecule has 110 valence electrons. The zero-order valence-corrected chi connectivity index (χ0v) is 13.6. The van der Waals surface area contributed by atoms with Crippen molar-refractivity contribution in [2.45, 2.75) is 25.8 Å². The van der Waals surface area contributed by atoms with Gasteiger partial charge in [-0.1, -0.05) is 0 Å². The van der Waals surface area contributed by atoms with Crippen LogP contribution in [0, 0.1) is 12.3 Å². The number of anilines is 1. The second-order valence-corrected chi connectivity index (χ2v) is 5.58. The summed E-state index contributed by atoms with van der Waals surface area (Å²) in [6.45, 7) is 2.13. The van der Waals surface area contributed by atoms with Gasteiger partial charge in [0, 0.05) is 19.5 Å². The molecule has 0 bridgehead atoms. The summed E-state index contributed by atoms with van der Waals surface area (Å²) in [6, 6.07) is 0. The Hall–Kier alpha value is -1.32. The van der Waals surface area contributed by atoms with E-state index in [4.69, 9.17) is 6.42 Å². The van der Waals surface area contributed by atoms with Crippen LogP contribution in [0.4, 0.5) is 5.69 Å². The molecule has 0 amide bonds. The molecule has 6 heteroatoms. The highest BCUT2D eigenvalue weighted by Gasteiger charge is 2.08. The Morgan fingerprint density at radius 1 is 1.50 bits per heavy atom. The predicted molar refractivity (Wildman–Crippen MR) is 85.9 cm³/mol. The van der Waals surface area contributed by atoms with Crippen LogP contribution in [0.1, 0.15) is 19.3 Å². The molecule has 1 aromatic heterocycles. The molecule has 1 heterocycles. The quantitative estimate of drug-likeness (QED) is 0.579. The van der Waals surface area contributed by atoms with E-state index in [0.717, 1.165) is 38.0 Å². The molecule has 0 radical (unpaired) electrons. The van der Waals surface area contributed by atoms with Gasteiger partial charge in [0.2, 0.25) is 0 Å². The van der Waals surface area contributed by atoms with Crippen molar-refractivity contribution in [3.05, 3.63) is 21.0 Å². The zero-order chi connectivity index (χ0) is 15.0. The first kappa shape index (κ1) is 16.7. The maximum Gasteiger partial charge on any atom is 0.283 e. The summed E-state index contributed by atoms with van der Waals surface area (Å²) in [4.78, 5) is 14.1. The Bertz CT molecular complexity index is 519. The number of nitrogens with zero attached hydrogens (tertiary/aromatic N) is 3. The topological polar surface area (TPSA) is 50.2 Å². The number of halogens is 1. The first-order chi connectivity index (χ1) is 9.56. The largest absolute Gasteiger partial charge is 0.383 e. The molecular weight excluding hydrogens is 320 g/mol. The predicted octanol–water partition coefficient (Wildman–Crippen LogP) is 1.78. The smallest absolute Gasteiger partial charge is 0.283 e. The highest BCUT2D eigenvalue weighted by Crippen LogP contribution is 2.16. The van der Waals surface area contributed by atoms with Crippen LogP contribution >= 0.6 is 15.9 Å². The Labute approximate surface area is 128 Å². The van der Waals surface area contributed by atoms with Crippen LogP contribution in [-0.2, 0) is 6.54 Å². The summed E-state index contributed by atoms with van der Waals surface area (Å²) >= 11 is 3.34. The van der Waals surface area contributed by atoms with Gasteiger partial charge >= 0.3 is 0 Å². The summed E-state index contributed by atoms with van der Waals surface area (Å²) in [5.74, 6) is 2.61. The minimum atomic E-state index is -0.111. The number of hydrogen-bond acceptors (Lipinski definition) is 4. The maximum absolute atomic E-state index is 12.1. The third-order valence-electron chi connectivity index (χ3n) is 2.81. The second-order valence-electron chi connectivity index (χ2n) is 4.79. The lowest BCUT2D eigenvalue weighted by molar-refractivity contribution is 0.367. The molecule has 1 N–H and O–H groups in total. The lowest BCUT2D eigenvalue weighted by atomic mass is 10.2. The van der Waals surface area contributed by atoms with Gasteiger partial charge in [-0.25, -0.2) is 4.68 Å². The third-order valence-corrected chi connectivity index (χ3v) is 3.57. The van der Waals surface area contributed by atoms with E-state index >= 15 is 0 Å². The SMILES string of the molecule is C#CCCCCNc1cnn(CCN(C)C)c(=O)c1Br. The Kier molecular flexibility index (Phi) is 7.34. The molecule has 0 fully saturated rings. The molecule has 0 unspecified atom stereocenters. The van der Waals surface area contributed by atoms with Crippen LogP contribution < -0.4 is 10.9 Å². The van der Waals surface area contributed by atoms with Crippen LogP contribution in [0.25, 0.3) is 0 Å². The van der Waals surface area contributed by atoms with Gasteiger partial charge in [-0.15, -0.1) is 12.3 Å². The fraction of sp³-hybridized carbons (Fsp3) is 0.571. The van der Waals surface area contributed by atoms with Gasteiger partial charge in [-0.2, -0.15) is 5.10 Å². The molecule has 1 aromatic rings. The van der Waals surface area contributed by atoms with Crippen molar-refractivity contribution < 1.29 is 0 Å². The number of nitrogens with one attached hydrogen (secondary N) is 1. The molecular formula is C14H21BrN4O. The van der Waals surface area contributed by atoms with Crippen molar-refractivity contribution in [2.24, 2.45) is 0 Å². The van der Waals surface area contributed by atoms with E-state index in [1.54, 1.807) is 6.20 Å². The van der Waals surface area contributed by atoms with Crippen LogP contribution in [0.3, 0.4) is 0 Å². The normalized spacial score (nSPS) is 10.6. The third kappa shape index (κ3) is 5.35. The standard InChI is InChI=1S/C14H21BrN4O/c1-4-5-6-7-8-16-12-11-17-19(10-9-18(2)3)14(20)13(12)15/h1,11,16H,5-10H2,2-3H3. The van der Waals surface area contributed by atoms with Crippen LogP contribution in [-0.4, -0.2) is 41.9 Å². The number of aromatic nitrogens is 2. The number of likely N-dealkylation sites (N-methyl/N-ethyl adjacent to an activating group) is 1. The van der Waals surface area contributed by atoms with Crippen LogP contribution in [0.2, 0.25) is 0 Å². The van der Waals surface area contributed by atoms with Crippen molar-refractivity contribution in [1.29, 1.82) is 0 Å². The molecule has 0 atom stereocenters. The fourth-order valence-corrected chi connectivity index (χ4v) is 2.06. The molecule has 20 heavy (non-hydrogen) atoms. The summed E-state index contributed by atoms with van der Waals surface area (Å²) in [5, 5.41) is 7.38. The summed E-state index contributed by atoms with van der Waals surface area (Å²) in [7, 11) is 3.93. The molecule has 0 spiro atoms. The maximum atomic E-state index is 12.1. The first-order valence-electron chi connectivity index (χ1n) is 6.64. The lowest BCUT2D eigenvalue weighted by Crippen LogP contribution is -2.29. The number of rotatable bonds is 8. The van der Waals surface area contributed by atoms with E-state index < -0.39 is 0 Å². The molecule has 0 aliphatic rings. The molecule has 0 saturated carbocycles. The van der Waals surface area contributed by atoms with E-state index in [-0.39, 0.29) is 5.56 Å². The Morgan fingerprint density at radius 2 is 2.25 bits per heavy atom. The molecule has 0 saturated heterocycles. The minimum absolute atomic E-state index is 0.111.